The van der Waals surface area contributed by atoms with E-state index in [2.05, 4.69) is 20.7 Å². The van der Waals surface area contributed by atoms with E-state index in [1.807, 2.05) is 0 Å². The molecule has 4 heteroatoms. The Hall–Kier alpha value is 1.38. The van der Waals surface area contributed by atoms with Crippen molar-refractivity contribution in [1.82, 2.24) is 0 Å². The summed E-state index contributed by atoms with van der Waals surface area (Å²) in [6, 6.07) is 0. The highest BCUT2D eigenvalue weighted by Crippen LogP contribution is 2.34. The molecule has 2 atom stereocenters. The van der Waals surface area contributed by atoms with Crippen molar-refractivity contribution in [2.45, 2.75) is 0 Å². The van der Waals surface area contributed by atoms with E-state index in [1.54, 1.807) is 0 Å². The molecule has 4 heavy (non-hydrogen) atoms. The van der Waals surface area contributed by atoms with Crippen LogP contribution in [0.25, 0.3) is 0 Å². The molecule has 0 aromatic rings. The fourth-order valence-corrected chi connectivity index (χ4v) is 0. The molecule has 2 unspecified atom stereocenters. The lowest BCUT2D eigenvalue weighted by Gasteiger charge is -1.55. The van der Waals surface area contributed by atoms with Gasteiger partial charge in [-0.25, -0.2) is 0 Å². The summed E-state index contributed by atoms with van der Waals surface area (Å²) in [6.07, 6.45) is 0. The van der Waals surface area contributed by atoms with Gasteiger partial charge in [-0.15, -0.1) is 8.93 Å². The van der Waals surface area contributed by atoms with Crippen LogP contribution in [0.1, 0.15) is 0 Å². The van der Waals surface area contributed by atoms with Gasteiger partial charge in [-0.05, 0) is 7.96 Å². The Balaban J connectivity index is 2.30. The summed E-state index contributed by atoms with van der Waals surface area (Å²) in [5, 5.41) is 0. The van der Waals surface area contributed by atoms with Crippen molar-refractivity contribution < 1.29 is 0 Å². The second-order valence-corrected chi connectivity index (χ2v) is 5.95. The van der Waals surface area contributed by atoms with Gasteiger partial charge in [0, 0.05) is 7.04 Å². The molecule has 0 fully saturated rings. The Bertz CT molecular complexity index is 17.2. The first-order valence-electron chi connectivity index (χ1n) is 0.695. The normalized spacial score (nSPS) is 11.2. The van der Waals surface area contributed by atoms with Crippen LogP contribution in [0.2, 0.25) is 0 Å². The highest BCUT2D eigenvalue weighted by Gasteiger charge is 1.47. The molecule has 0 aromatic carbocycles. The zero-order valence-electron chi connectivity index (χ0n) is 1.93. The van der Waals surface area contributed by atoms with Gasteiger partial charge in [0.05, 0.1) is 0 Å². The molecule has 0 aliphatic carbocycles. The van der Waals surface area contributed by atoms with Gasteiger partial charge in [0.1, 0.15) is 0 Å². The topological polar surface area (TPSA) is 0 Å². The van der Waals surface area contributed by atoms with Crippen LogP contribution < -0.4 is 0 Å². The molecule has 24 valence electrons. The first kappa shape index (κ1) is 5.38. The van der Waals surface area contributed by atoms with Crippen LogP contribution in [-0.2, 0) is 11.8 Å². The van der Waals surface area contributed by atoms with E-state index in [0.717, 1.165) is 15.0 Å². The lowest BCUT2D eigenvalue weighted by atomic mass is 29.5. The van der Waals surface area contributed by atoms with Gasteiger partial charge >= 0.3 is 0 Å². The van der Waals surface area contributed by atoms with E-state index in [-0.39, 0.29) is 0 Å². The van der Waals surface area contributed by atoms with Crippen molar-refractivity contribution in [3.8, 4) is 0 Å². The summed E-state index contributed by atoms with van der Waals surface area (Å²) in [7, 11) is 4.48. The summed E-state index contributed by atoms with van der Waals surface area (Å²) < 4.78 is 0. The lowest BCUT2D eigenvalue weighted by Crippen LogP contribution is -0.770. The van der Waals surface area contributed by atoms with E-state index in [9.17, 15) is 0 Å². The molecule has 0 saturated carbocycles. The molecule has 0 aliphatic heterocycles. The van der Waals surface area contributed by atoms with Gasteiger partial charge in [0.25, 0.3) is 0 Å². The van der Waals surface area contributed by atoms with Crippen molar-refractivity contribution in [3.63, 3.8) is 0 Å². The SMILES string of the molecule is PPP=S. The maximum Gasteiger partial charge on any atom is 0.00209 e. The standard InChI is InChI=1S/H3P3S/c1-2-3-4/h2H,1H2. The third-order valence-electron chi connectivity index (χ3n) is 0.0527. The van der Waals surface area contributed by atoms with Crippen LogP contribution in [0.4, 0.5) is 0 Å². The first-order chi connectivity index (χ1) is 1.91. The molecule has 0 nitrogen and oxygen atoms in total. The van der Waals surface area contributed by atoms with E-state index < -0.39 is 0 Å². The minimum absolute atomic E-state index is 0.844. The van der Waals surface area contributed by atoms with Crippen molar-refractivity contribution in [2.75, 3.05) is 0 Å². The first-order valence-corrected chi connectivity index (χ1v) is 6.25. The zero-order chi connectivity index (χ0) is 3.41. The maximum atomic E-state index is 4.52. The van der Waals surface area contributed by atoms with Gasteiger partial charge in [0.15, 0.2) is 0 Å². The predicted molar refractivity (Wildman–Crippen MR) is 32.3 cm³/mol. The van der Waals surface area contributed by atoms with Crippen LogP contribution >= 0.6 is 23.9 Å². The van der Waals surface area contributed by atoms with Crippen LogP contribution in [0, 0.1) is 0 Å². The van der Waals surface area contributed by atoms with Crippen molar-refractivity contribution in [1.29, 1.82) is 0 Å². The molecule has 0 radical (unpaired) electrons. The number of hydrogen-bond donors (Lipinski definition) is 0. The summed E-state index contributed by atoms with van der Waals surface area (Å²) in [5.74, 6) is 0. The summed E-state index contributed by atoms with van der Waals surface area (Å²) >= 11 is 4.52. The van der Waals surface area contributed by atoms with Gasteiger partial charge in [-0.3, -0.25) is 0 Å². The monoisotopic (exact) mass is 128 g/mol. The minimum atomic E-state index is 0.844. The Kier molecular flexibility index (Phi) is 5.89. The molecule has 0 rings (SSSR count). The van der Waals surface area contributed by atoms with Crippen molar-refractivity contribution in [3.05, 3.63) is 0 Å². The fourth-order valence-electron chi connectivity index (χ4n) is 0. The Morgan fingerprint density at radius 1 is 2.00 bits per heavy atom. The minimum Gasteiger partial charge on any atom is -0.105 e. The molecule has 0 saturated heterocycles. The quantitative estimate of drug-likeness (QED) is 0.485. The Labute approximate surface area is 36.4 Å². The van der Waals surface area contributed by atoms with Crippen LogP contribution in [0.5, 0.6) is 0 Å². The molecule has 0 aliphatic rings. The van der Waals surface area contributed by atoms with E-state index in [0.29, 0.717) is 0 Å². The Morgan fingerprint density at radius 3 is 2.25 bits per heavy atom. The maximum absolute atomic E-state index is 4.52. The summed E-state index contributed by atoms with van der Waals surface area (Å²) in [5.41, 5.74) is 0. The molecule has 0 N–H and O–H groups in total. The van der Waals surface area contributed by atoms with Crippen molar-refractivity contribution >= 4 is 35.7 Å². The molecule has 0 bridgehead atoms. The second-order valence-electron chi connectivity index (χ2n) is 0.220. The lowest BCUT2D eigenvalue weighted by molar-refractivity contribution is 5.43. The molecule has 0 aromatic heterocycles. The summed E-state index contributed by atoms with van der Waals surface area (Å²) in [6.45, 7) is 0. The smallest absolute Gasteiger partial charge is 0.00209 e. The Morgan fingerprint density at radius 2 is 2.25 bits per heavy atom. The zero-order valence-corrected chi connectivity index (χ0v) is 5.80. The average molecular weight is 128 g/mol. The highest BCUT2D eigenvalue weighted by molar-refractivity contribution is 8.47. The van der Waals surface area contributed by atoms with E-state index in [4.69, 9.17) is 0 Å². The largest absolute Gasteiger partial charge is 0.105 e. The third kappa shape index (κ3) is 3.38. The van der Waals surface area contributed by atoms with Crippen molar-refractivity contribution in [2.24, 2.45) is 0 Å². The molecule has 0 spiro atoms. The van der Waals surface area contributed by atoms with Gasteiger partial charge in [-0.1, -0.05) is 11.8 Å². The van der Waals surface area contributed by atoms with Crippen LogP contribution in [0.15, 0.2) is 0 Å². The van der Waals surface area contributed by atoms with Gasteiger partial charge < -0.3 is 0 Å². The molecular weight excluding hydrogens is 125 g/mol. The number of hydrogen-bond acceptors (Lipinski definition) is 1. The highest BCUT2D eigenvalue weighted by atomic mass is 32.7. The van der Waals surface area contributed by atoms with Gasteiger partial charge in [-0.2, -0.15) is 0 Å². The average Bonchev–Trinajstić information content (AvgIpc) is 1.37. The third-order valence-corrected chi connectivity index (χ3v) is 4.27. The summed E-state index contributed by atoms with van der Waals surface area (Å²) in [4.78, 5) is 0. The molecule has 0 amide bonds. The van der Waals surface area contributed by atoms with Gasteiger partial charge in [0.2, 0.25) is 0 Å². The number of rotatable bonds is 1. The second kappa shape index (κ2) is 4.38. The fraction of sp³-hybridized carbons (Fsp3) is 0. The van der Waals surface area contributed by atoms with Crippen LogP contribution in [0.3, 0.4) is 0 Å². The van der Waals surface area contributed by atoms with Crippen LogP contribution in [-0.4, -0.2) is 0 Å². The molecular formula is H3P3S. The van der Waals surface area contributed by atoms with E-state index in [1.165, 1.54) is 0 Å². The van der Waals surface area contributed by atoms with E-state index >= 15 is 0 Å². The predicted octanol–water partition coefficient (Wildman–Crippen LogP) is 1.78. The molecule has 0 heterocycles.